The van der Waals surface area contributed by atoms with E-state index in [1.165, 1.54) is 6.07 Å². The van der Waals surface area contributed by atoms with Gasteiger partial charge in [0.15, 0.2) is 8.32 Å². The van der Waals surface area contributed by atoms with Gasteiger partial charge in [0, 0.05) is 6.07 Å². The molecule has 0 spiro atoms. The first-order valence-corrected chi connectivity index (χ1v) is 14.2. The van der Waals surface area contributed by atoms with E-state index in [-0.39, 0.29) is 23.3 Å². The van der Waals surface area contributed by atoms with E-state index in [2.05, 4.69) is 33.9 Å². The van der Waals surface area contributed by atoms with Crippen molar-refractivity contribution < 1.29 is 23.6 Å². The number of para-hydroxylation sites is 1. The Morgan fingerprint density at radius 2 is 1.88 bits per heavy atom. The molecule has 0 radical (unpaired) electrons. The lowest BCUT2D eigenvalue weighted by atomic mass is 10.1. The Balaban J connectivity index is 2.18. The molecule has 1 aromatic carbocycles. The van der Waals surface area contributed by atoms with Crippen molar-refractivity contribution in [2.24, 2.45) is 0 Å². The third kappa shape index (κ3) is 7.65. The van der Waals surface area contributed by atoms with Gasteiger partial charge >= 0.3 is 6.09 Å². The maximum atomic E-state index is 13.0. The van der Waals surface area contributed by atoms with Crippen molar-refractivity contribution in [1.82, 2.24) is 4.90 Å². The highest BCUT2D eigenvalue weighted by Crippen LogP contribution is 2.37. The van der Waals surface area contributed by atoms with Crippen LogP contribution in [0.5, 0.6) is 0 Å². The lowest BCUT2D eigenvalue weighted by molar-refractivity contribution is -0.385. The largest absolute Gasteiger partial charge is 0.444 e. The molecule has 1 aliphatic rings. The summed E-state index contributed by atoms with van der Waals surface area (Å²) in [5.41, 5.74) is -0.122. The average Bonchev–Trinajstić information content (AvgIpc) is 2.69. The van der Waals surface area contributed by atoms with Crippen molar-refractivity contribution in [3.63, 3.8) is 0 Å². The minimum absolute atomic E-state index is 0.0224. The minimum Gasteiger partial charge on any atom is -0.444 e. The van der Waals surface area contributed by atoms with Gasteiger partial charge in [-0.1, -0.05) is 39.0 Å². The van der Waals surface area contributed by atoms with Gasteiger partial charge in [0.2, 0.25) is 0 Å². The molecule has 1 aromatic rings. The number of nitrogens with zero attached hydrogens (tertiary/aromatic N) is 2. The van der Waals surface area contributed by atoms with Gasteiger partial charge in [-0.25, -0.2) is 4.79 Å². The predicted molar refractivity (Wildman–Crippen MR) is 132 cm³/mol. The number of hydrogen-bond acceptors (Lipinski definition) is 6. The number of carbonyl (C=O) groups is 1. The van der Waals surface area contributed by atoms with E-state index in [1.54, 1.807) is 35.3 Å². The fourth-order valence-corrected chi connectivity index (χ4v) is 4.09. The summed E-state index contributed by atoms with van der Waals surface area (Å²) in [7, 11) is -2.01. The third-order valence-electron chi connectivity index (χ3n) is 6.01. The highest BCUT2D eigenvalue weighted by molar-refractivity contribution is 6.74. The first-order valence-electron chi connectivity index (χ1n) is 11.3. The van der Waals surface area contributed by atoms with E-state index in [9.17, 15) is 14.9 Å². The molecule has 8 nitrogen and oxygen atoms in total. The summed E-state index contributed by atoms with van der Waals surface area (Å²) in [5, 5.41) is 11.3. The van der Waals surface area contributed by atoms with Crippen LogP contribution in [-0.2, 0) is 13.9 Å². The van der Waals surface area contributed by atoms with Gasteiger partial charge in [0.05, 0.1) is 42.4 Å². The molecule has 33 heavy (non-hydrogen) atoms. The van der Waals surface area contributed by atoms with Crippen LogP contribution >= 0.6 is 0 Å². The van der Waals surface area contributed by atoms with Gasteiger partial charge in [0.25, 0.3) is 5.69 Å². The van der Waals surface area contributed by atoms with Gasteiger partial charge in [0.1, 0.15) is 5.60 Å². The molecule has 2 rings (SSSR count). The molecule has 0 saturated carbocycles. The van der Waals surface area contributed by atoms with Gasteiger partial charge in [-0.05, 0) is 51.0 Å². The van der Waals surface area contributed by atoms with Crippen molar-refractivity contribution in [3.05, 3.63) is 46.0 Å². The fraction of sp³-hybridized carbons (Fsp3) is 0.625. The number of morpholine rings is 1. The zero-order valence-electron chi connectivity index (χ0n) is 21.1. The summed E-state index contributed by atoms with van der Waals surface area (Å²) in [6.07, 6.45) is 2.59. The number of nitro benzene ring substituents is 1. The van der Waals surface area contributed by atoms with Crippen LogP contribution in [0.4, 0.5) is 10.5 Å². The second-order valence-electron chi connectivity index (χ2n) is 10.9. The Bertz CT molecular complexity index is 872. The van der Waals surface area contributed by atoms with Crippen molar-refractivity contribution in [3.8, 4) is 0 Å². The van der Waals surface area contributed by atoms with Gasteiger partial charge in [-0.3, -0.25) is 15.0 Å². The summed E-state index contributed by atoms with van der Waals surface area (Å²) in [6.45, 7) is 17.3. The molecule has 1 saturated heterocycles. The first-order chi connectivity index (χ1) is 15.1. The normalized spacial score (nSPS) is 20.2. The van der Waals surface area contributed by atoms with E-state index in [1.807, 2.05) is 20.8 Å². The topological polar surface area (TPSA) is 91.1 Å². The smallest absolute Gasteiger partial charge is 0.410 e. The Labute approximate surface area is 198 Å². The lowest BCUT2D eigenvalue weighted by Gasteiger charge is -2.42. The number of benzene rings is 1. The van der Waals surface area contributed by atoms with Crippen molar-refractivity contribution in [2.45, 2.75) is 77.4 Å². The number of rotatable bonds is 6. The van der Waals surface area contributed by atoms with E-state index in [4.69, 9.17) is 13.9 Å². The van der Waals surface area contributed by atoms with Gasteiger partial charge in [-0.2, -0.15) is 0 Å². The third-order valence-corrected chi connectivity index (χ3v) is 10.5. The molecule has 1 fully saturated rings. The van der Waals surface area contributed by atoms with Crippen molar-refractivity contribution >= 4 is 26.2 Å². The molecule has 184 valence electrons. The highest BCUT2D eigenvalue weighted by Gasteiger charge is 2.40. The van der Waals surface area contributed by atoms with E-state index < -0.39 is 31.0 Å². The second-order valence-corrected chi connectivity index (χ2v) is 15.7. The summed E-state index contributed by atoms with van der Waals surface area (Å²) >= 11 is 0. The quantitative estimate of drug-likeness (QED) is 0.299. The Morgan fingerprint density at radius 3 is 2.45 bits per heavy atom. The molecule has 1 aliphatic heterocycles. The van der Waals surface area contributed by atoms with E-state index in [0.717, 1.165) is 0 Å². The second kappa shape index (κ2) is 10.4. The van der Waals surface area contributed by atoms with E-state index in [0.29, 0.717) is 18.8 Å². The average molecular weight is 479 g/mol. The van der Waals surface area contributed by atoms with Crippen LogP contribution in [0.25, 0.3) is 6.08 Å². The zero-order chi connectivity index (χ0) is 25.0. The molecule has 1 heterocycles. The number of carbonyl (C=O) groups excluding carboxylic acids is 1. The predicted octanol–water partition coefficient (Wildman–Crippen LogP) is 5.63. The van der Waals surface area contributed by atoms with Crippen molar-refractivity contribution in [1.29, 1.82) is 0 Å². The summed E-state index contributed by atoms with van der Waals surface area (Å²) < 4.78 is 18.0. The minimum atomic E-state index is -2.01. The fourth-order valence-electron chi connectivity index (χ4n) is 3.05. The highest BCUT2D eigenvalue weighted by atomic mass is 28.4. The number of amides is 1. The Morgan fingerprint density at radius 1 is 1.24 bits per heavy atom. The van der Waals surface area contributed by atoms with Crippen LogP contribution in [0.1, 0.15) is 47.1 Å². The van der Waals surface area contributed by atoms with Gasteiger partial charge in [-0.15, -0.1) is 0 Å². The maximum Gasteiger partial charge on any atom is 0.410 e. The summed E-state index contributed by atoms with van der Waals surface area (Å²) in [4.78, 5) is 25.5. The molecule has 0 aliphatic carbocycles. The molecule has 0 bridgehead atoms. The van der Waals surface area contributed by atoms with Crippen LogP contribution in [0.3, 0.4) is 0 Å². The maximum absolute atomic E-state index is 13.0. The molecule has 0 unspecified atom stereocenters. The molecular formula is C24H38N2O6Si. The lowest BCUT2D eigenvalue weighted by Crippen LogP contribution is -2.56. The Kier molecular flexibility index (Phi) is 8.48. The molecule has 1 amide bonds. The molecule has 2 atom stereocenters. The molecule has 0 N–H and O–H groups in total. The van der Waals surface area contributed by atoms with E-state index >= 15 is 0 Å². The van der Waals surface area contributed by atoms with Crippen LogP contribution in [0, 0.1) is 10.1 Å². The number of nitro groups is 1. The molecule has 0 aromatic heterocycles. The number of ether oxygens (including phenoxy) is 2. The summed E-state index contributed by atoms with van der Waals surface area (Å²) in [5.74, 6) is 0. The van der Waals surface area contributed by atoms with Gasteiger partial charge < -0.3 is 13.9 Å². The molecular weight excluding hydrogens is 440 g/mol. The number of hydrogen-bond donors (Lipinski definition) is 0. The monoisotopic (exact) mass is 478 g/mol. The first kappa shape index (κ1) is 27.0. The summed E-state index contributed by atoms with van der Waals surface area (Å²) in [6, 6.07) is 6.24. The molecule has 9 heteroatoms. The zero-order valence-corrected chi connectivity index (χ0v) is 22.1. The van der Waals surface area contributed by atoms with Crippen molar-refractivity contribution in [2.75, 3.05) is 19.8 Å². The van der Waals surface area contributed by atoms with Crippen LogP contribution in [0.2, 0.25) is 18.1 Å². The SMILES string of the molecule is CC(C)(C)OC(=O)N1C[C@@H](/C=C/c2ccccc2[N+](=O)[O-])OC[C@H]1CO[Si](C)(C)C(C)(C)C. The van der Waals surface area contributed by atoms with Crippen LogP contribution in [-0.4, -0.2) is 61.7 Å². The van der Waals surface area contributed by atoms with Crippen LogP contribution < -0.4 is 0 Å². The van der Waals surface area contributed by atoms with Crippen LogP contribution in [0.15, 0.2) is 30.3 Å². The standard InChI is InChI=1S/C24H38N2O6Si/c1-23(2,3)32-22(27)25-15-20(14-13-18-11-9-10-12-21(18)26(28)29)30-16-19(25)17-31-33(7,8)24(4,5)6/h9-14,19-20H,15-17H2,1-8H3/b14-13+/t19-,20+/m0/s1. The Hall–Kier alpha value is -2.23.